The van der Waals surface area contributed by atoms with Gasteiger partial charge in [0, 0.05) is 56.9 Å². The zero-order valence-corrected chi connectivity index (χ0v) is 28.9. The zero-order valence-electron chi connectivity index (χ0n) is 28.9. The minimum absolute atomic E-state index is 0.0734. The van der Waals surface area contributed by atoms with Crippen molar-refractivity contribution in [1.29, 1.82) is 0 Å². The number of ketones is 5. The smallest absolute Gasteiger partial charge is 0.246 e. The first-order valence-corrected chi connectivity index (χ1v) is 16.7. The average Bonchev–Trinajstić information content (AvgIpc) is 3.05. The van der Waals surface area contributed by atoms with E-state index in [0.717, 1.165) is 4.90 Å². The van der Waals surface area contributed by atoms with Gasteiger partial charge in [0.15, 0.2) is 17.3 Å². The van der Waals surface area contributed by atoms with Crippen molar-refractivity contribution >= 4 is 46.6 Å². The molecule has 1 fully saturated rings. The number of nitrogens with one attached hydrogen (secondary N) is 2. The van der Waals surface area contributed by atoms with Crippen LogP contribution in [0.5, 0.6) is 0 Å². The molecule has 278 valence electrons. The highest BCUT2D eigenvalue weighted by molar-refractivity contribution is 5.97. The highest BCUT2D eigenvalue weighted by Gasteiger charge is 2.38. The van der Waals surface area contributed by atoms with Crippen molar-refractivity contribution in [2.24, 2.45) is 23.5 Å². The molecule has 1 aliphatic heterocycles. The maximum atomic E-state index is 13.6. The molecule has 1 aliphatic rings. The SMILES string of the molecule is CC(=O)[C@H](C)CC(=O)[C@H](CO)NC(=O)[C@@H]1CCCCCC(=O)CC[C@H](CC(=O)[C@@H](N)CO)C(=O)N(C)[C@@H](C(C)O)C(=O)N[C@@H](CO)C(=O)C1. The van der Waals surface area contributed by atoms with E-state index in [4.69, 9.17) is 5.73 Å². The summed E-state index contributed by atoms with van der Waals surface area (Å²) in [5.74, 6) is -7.73. The summed E-state index contributed by atoms with van der Waals surface area (Å²) in [6.07, 6.45) is -1.29. The van der Waals surface area contributed by atoms with Crippen molar-refractivity contribution in [3.8, 4) is 0 Å². The van der Waals surface area contributed by atoms with Crippen molar-refractivity contribution in [1.82, 2.24) is 15.5 Å². The fourth-order valence-electron chi connectivity index (χ4n) is 5.60. The zero-order chi connectivity index (χ0) is 37.4. The quantitative estimate of drug-likeness (QED) is 0.111. The second-order valence-electron chi connectivity index (χ2n) is 13.0. The van der Waals surface area contributed by atoms with Gasteiger partial charge in [-0.05, 0) is 33.1 Å². The summed E-state index contributed by atoms with van der Waals surface area (Å²) in [5.41, 5.74) is 5.64. The second kappa shape index (κ2) is 21.6. The lowest BCUT2D eigenvalue weighted by Crippen LogP contribution is -2.58. The molecule has 8 atom stereocenters. The van der Waals surface area contributed by atoms with Crippen LogP contribution in [0.15, 0.2) is 0 Å². The third kappa shape index (κ3) is 14.1. The topological polar surface area (TPSA) is 271 Å². The van der Waals surface area contributed by atoms with Gasteiger partial charge in [-0.1, -0.05) is 19.8 Å². The van der Waals surface area contributed by atoms with Gasteiger partial charge in [-0.25, -0.2) is 0 Å². The highest BCUT2D eigenvalue weighted by atomic mass is 16.3. The molecule has 0 radical (unpaired) electrons. The van der Waals surface area contributed by atoms with E-state index in [-0.39, 0.29) is 43.7 Å². The van der Waals surface area contributed by atoms with Gasteiger partial charge < -0.3 is 41.7 Å². The number of hydrogen-bond donors (Lipinski definition) is 7. The molecule has 0 saturated carbocycles. The van der Waals surface area contributed by atoms with E-state index in [0.29, 0.717) is 19.3 Å². The van der Waals surface area contributed by atoms with Gasteiger partial charge in [0.2, 0.25) is 17.7 Å². The number of nitrogens with two attached hydrogens (primary N) is 1. The van der Waals surface area contributed by atoms with E-state index in [9.17, 15) is 58.8 Å². The van der Waals surface area contributed by atoms with Crippen molar-refractivity contribution in [3.05, 3.63) is 0 Å². The molecule has 1 rings (SSSR count). The highest BCUT2D eigenvalue weighted by Crippen LogP contribution is 2.22. The van der Waals surface area contributed by atoms with Crippen LogP contribution in [-0.4, -0.2) is 129 Å². The largest absolute Gasteiger partial charge is 0.394 e. The Hall–Kier alpha value is -3.44. The van der Waals surface area contributed by atoms with Crippen LogP contribution in [0, 0.1) is 17.8 Å². The minimum atomic E-state index is -1.60. The van der Waals surface area contributed by atoms with E-state index >= 15 is 0 Å². The molecule has 8 N–H and O–H groups in total. The van der Waals surface area contributed by atoms with Crippen LogP contribution >= 0.6 is 0 Å². The number of amides is 3. The van der Waals surface area contributed by atoms with Gasteiger partial charge >= 0.3 is 0 Å². The molecule has 3 amide bonds. The maximum Gasteiger partial charge on any atom is 0.246 e. The molecule has 0 aromatic rings. The fraction of sp³-hybridized carbons (Fsp3) is 0.758. The summed E-state index contributed by atoms with van der Waals surface area (Å²) in [6, 6.07) is -5.73. The first-order chi connectivity index (χ1) is 23.0. The number of rotatable bonds is 13. The van der Waals surface area contributed by atoms with E-state index in [1.807, 2.05) is 0 Å². The summed E-state index contributed by atoms with van der Waals surface area (Å²) in [5, 5.41) is 44.4. The Morgan fingerprint density at radius 1 is 0.959 bits per heavy atom. The second-order valence-corrected chi connectivity index (χ2v) is 13.0. The summed E-state index contributed by atoms with van der Waals surface area (Å²) < 4.78 is 0. The third-order valence-electron chi connectivity index (χ3n) is 8.97. The Labute approximate surface area is 286 Å². The van der Waals surface area contributed by atoms with Crippen LogP contribution in [0.1, 0.15) is 85.0 Å². The lowest BCUT2D eigenvalue weighted by Gasteiger charge is -2.33. The lowest BCUT2D eigenvalue weighted by molar-refractivity contribution is -0.148. The van der Waals surface area contributed by atoms with E-state index in [1.165, 1.54) is 20.9 Å². The van der Waals surface area contributed by atoms with Crippen LogP contribution in [0.25, 0.3) is 0 Å². The summed E-state index contributed by atoms with van der Waals surface area (Å²) in [6.45, 7) is 1.78. The van der Waals surface area contributed by atoms with Gasteiger partial charge in [-0.15, -0.1) is 0 Å². The molecular weight excluding hydrogens is 644 g/mol. The van der Waals surface area contributed by atoms with Crippen LogP contribution in [0.4, 0.5) is 0 Å². The number of likely N-dealkylation sites (N-methyl/N-ethyl adjacent to an activating group) is 1. The molecule has 0 aliphatic carbocycles. The number of nitrogens with zero attached hydrogens (tertiary/aromatic N) is 1. The van der Waals surface area contributed by atoms with Crippen LogP contribution in [0.2, 0.25) is 0 Å². The lowest BCUT2D eigenvalue weighted by atomic mass is 9.89. The minimum Gasteiger partial charge on any atom is -0.394 e. The molecule has 0 aromatic heterocycles. The van der Waals surface area contributed by atoms with Gasteiger partial charge in [0.1, 0.15) is 29.7 Å². The maximum absolute atomic E-state index is 13.6. The molecule has 16 nitrogen and oxygen atoms in total. The summed E-state index contributed by atoms with van der Waals surface area (Å²) >= 11 is 0. The Morgan fingerprint density at radius 2 is 1.61 bits per heavy atom. The van der Waals surface area contributed by atoms with Gasteiger partial charge in [-0.2, -0.15) is 0 Å². The van der Waals surface area contributed by atoms with E-state index < -0.39 is 116 Å². The monoisotopic (exact) mass is 698 g/mol. The van der Waals surface area contributed by atoms with Crippen molar-refractivity contribution in [2.45, 2.75) is 115 Å². The van der Waals surface area contributed by atoms with Crippen molar-refractivity contribution in [3.63, 3.8) is 0 Å². The molecule has 49 heavy (non-hydrogen) atoms. The Kier molecular flexibility index (Phi) is 19.2. The third-order valence-corrected chi connectivity index (χ3v) is 8.97. The number of Topliss-reactive ketones (excluding diaryl/α,β-unsaturated/α-hetero) is 5. The number of aliphatic hydroxyl groups is 4. The Morgan fingerprint density at radius 3 is 2.16 bits per heavy atom. The number of hydrogen-bond acceptors (Lipinski definition) is 13. The predicted octanol–water partition coefficient (Wildman–Crippen LogP) is -1.88. The molecule has 1 saturated heterocycles. The molecule has 1 unspecified atom stereocenters. The molecule has 0 spiro atoms. The molecule has 1 heterocycles. The van der Waals surface area contributed by atoms with Gasteiger partial charge in [0.25, 0.3) is 0 Å². The van der Waals surface area contributed by atoms with E-state index in [1.54, 1.807) is 6.92 Å². The molecule has 0 aromatic carbocycles. The number of carbonyl (C=O) groups excluding carboxylic acids is 8. The van der Waals surface area contributed by atoms with Crippen LogP contribution in [-0.2, 0) is 38.4 Å². The fourth-order valence-corrected chi connectivity index (χ4v) is 5.60. The van der Waals surface area contributed by atoms with Gasteiger partial charge in [0.05, 0.1) is 32.0 Å². The number of carbonyl (C=O) groups is 8. The summed E-state index contributed by atoms with van der Waals surface area (Å²) in [4.78, 5) is 104. The van der Waals surface area contributed by atoms with Crippen LogP contribution < -0.4 is 16.4 Å². The Balaban J connectivity index is 3.35. The Bertz CT molecular complexity index is 1190. The standard InChI is InChI=1S/C33H54N4O12/c1-18(19(2)41)12-28(45)25(16-39)35-31(47)21-8-6-5-7-9-23(43)11-10-22(14-27(44)24(34)15-38)33(49)37(4)30(20(3)42)32(48)36-26(17-40)29(46)13-21/h18,20-22,24-26,30,38-40,42H,5-17,34H2,1-4H3,(H,35,47)(H,36,48)/t18-,20?,21-,22-,24+,25+,26+,30+/m1/s1. The predicted molar refractivity (Wildman–Crippen MR) is 174 cm³/mol. The first kappa shape index (κ1) is 43.6. The average molecular weight is 699 g/mol. The first-order valence-electron chi connectivity index (χ1n) is 16.7. The van der Waals surface area contributed by atoms with E-state index in [2.05, 4.69) is 10.6 Å². The van der Waals surface area contributed by atoms with Crippen molar-refractivity contribution in [2.75, 3.05) is 26.9 Å². The normalized spacial score (nSPS) is 24.9. The molecule has 0 bridgehead atoms. The molecular formula is C33H54N4O12. The van der Waals surface area contributed by atoms with Gasteiger partial charge in [-0.3, -0.25) is 38.4 Å². The van der Waals surface area contributed by atoms with Crippen LogP contribution in [0.3, 0.4) is 0 Å². The number of aliphatic hydroxyl groups excluding tert-OH is 4. The molecule has 16 heteroatoms. The summed E-state index contributed by atoms with van der Waals surface area (Å²) in [7, 11) is 1.20. The van der Waals surface area contributed by atoms with Crippen molar-refractivity contribution < 1.29 is 58.8 Å².